The van der Waals surface area contributed by atoms with E-state index in [-0.39, 0.29) is 11.8 Å². The smallest absolute Gasteiger partial charge is 0.179 e. The number of aromatic amines is 1. The van der Waals surface area contributed by atoms with Crippen LogP contribution in [0.1, 0.15) is 13.0 Å². The molecule has 2 aromatic heterocycles. The first-order chi connectivity index (χ1) is 7.88. The lowest BCUT2D eigenvalue weighted by molar-refractivity contribution is 0.564. The van der Waals surface area contributed by atoms with Crippen LogP contribution in [0.4, 0.5) is 0 Å². The van der Waals surface area contributed by atoms with Crippen LogP contribution in [-0.4, -0.2) is 35.0 Å². The number of hydrogen-bond acceptors (Lipinski definition) is 4. The second kappa shape index (κ2) is 4.23. The standard InChI is InChI=1S/C10H13N3O2S2/c1-7(6-17(2,14)15)13-9-8(12-10(13)16)4-3-5-11-9/h3-5,7H,6H2,1-2H3,(H,12,16). The lowest BCUT2D eigenvalue weighted by Crippen LogP contribution is -2.16. The Kier molecular flexibility index (Phi) is 3.05. The van der Waals surface area contributed by atoms with Crippen LogP contribution in [0, 0.1) is 4.77 Å². The summed E-state index contributed by atoms with van der Waals surface area (Å²) in [6.07, 6.45) is 2.88. The number of sulfone groups is 1. The van der Waals surface area contributed by atoms with Crippen molar-refractivity contribution < 1.29 is 8.42 Å². The highest BCUT2D eigenvalue weighted by Crippen LogP contribution is 2.17. The minimum atomic E-state index is -3.04. The van der Waals surface area contributed by atoms with E-state index in [0.717, 1.165) is 5.52 Å². The molecule has 0 aliphatic heterocycles. The Morgan fingerprint density at radius 2 is 2.29 bits per heavy atom. The molecule has 0 spiro atoms. The summed E-state index contributed by atoms with van der Waals surface area (Å²) in [7, 11) is -3.04. The Bertz CT molecular complexity index is 700. The number of hydrogen-bond donors (Lipinski definition) is 1. The molecule has 0 aliphatic carbocycles. The predicted molar refractivity (Wildman–Crippen MR) is 69.3 cm³/mol. The molecule has 2 heterocycles. The van der Waals surface area contributed by atoms with Gasteiger partial charge >= 0.3 is 0 Å². The highest BCUT2D eigenvalue weighted by molar-refractivity contribution is 7.90. The number of rotatable bonds is 3. The van der Waals surface area contributed by atoms with Crippen LogP contribution in [0.2, 0.25) is 0 Å². The summed E-state index contributed by atoms with van der Waals surface area (Å²) < 4.78 is 24.8. The van der Waals surface area contributed by atoms with Gasteiger partial charge in [0, 0.05) is 18.5 Å². The molecule has 0 amide bonds. The average Bonchev–Trinajstić information content (AvgIpc) is 2.50. The maximum Gasteiger partial charge on any atom is 0.179 e. The number of pyridine rings is 1. The first-order valence-corrected chi connectivity index (χ1v) is 7.58. The molecule has 0 aromatic carbocycles. The van der Waals surface area contributed by atoms with E-state index in [2.05, 4.69) is 9.97 Å². The molecule has 1 unspecified atom stereocenters. The van der Waals surface area contributed by atoms with E-state index in [9.17, 15) is 8.42 Å². The van der Waals surface area contributed by atoms with Crippen molar-refractivity contribution in [1.82, 2.24) is 14.5 Å². The number of aromatic nitrogens is 3. The van der Waals surface area contributed by atoms with Crippen molar-refractivity contribution in [3.63, 3.8) is 0 Å². The average molecular weight is 271 g/mol. The van der Waals surface area contributed by atoms with Crippen molar-refractivity contribution >= 4 is 33.2 Å². The molecule has 2 aromatic rings. The fourth-order valence-corrected chi connectivity index (χ4v) is 3.28. The number of fused-ring (bicyclic) bond motifs is 1. The molecule has 7 heteroatoms. The van der Waals surface area contributed by atoms with Crippen molar-refractivity contribution in [1.29, 1.82) is 0 Å². The summed E-state index contributed by atoms with van der Waals surface area (Å²) in [6, 6.07) is 3.43. The lowest BCUT2D eigenvalue weighted by Gasteiger charge is -2.12. The minimum Gasteiger partial charge on any atom is -0.329 e. The van der Waals surface area contributed by atoms with Gasteiger partial charge in [0.2, 0.25) is 0 Å². The lowest BCUT2D eigenvalue weighted by atomic mass is 10.4. The second-order valence-corrected chi connectivity index (χ2v) is 6.69. The molecule has 0 radical (unpaired) electrons. The highest BCUT2D eigenvalue weighted by atomic mass is 32.2. The van der Waals surface area contributed by atoms with Crippen molar-refractivity contribution in [2.75, 3.05) is 12.0 Å². The molecule has 92 valence electrons. The molecular formula is C10H13N3O2S2. The molecule has 0 bridgehead atoms. The zero-order chi connectivity index (χ0) is 12.6. The fraction of sp³-hybridized carbons (Fsp3) is 0.400. The van der Waals surface area contributed by atoms with Gasteiger partial charge < -0.3 is 4.98 Å². The summed E-state index contributed by atoms with van der Waals surface area (Å²) in [4.78, 5) is 7.24. The van der Waals surface area contributed by atoms with E-state index in [4.69, 9.17) is 12.2 Å². The van der Waals surface area contributed by atoms with Crippen LogP contribution >= 0.6 is 12.2 Å². The normalized spacial score (nSPS) is 14.0. The Balaban J connectivity index is 2.55. The zero-order valence-electron chi connectivity index (χ0n) is 9.54. The number of nitrogens with zero attached hydrogens (tertiary/aromatic N) is 2. The Morgan fingerprint density at radius 1 is 1.59 bits per heavy atom. The van der Waals surface area contributed by atoms with Gasteiger partial charge in [-0.05, 0) is 31.3 Å². The first-order valence-electron chi connectivity index (χ1n) is 5.11. The van der Waals surface area contributed by atoms with Gasteiger partial charge in [-0.25, -0.2) is 13.4 Å². The zero-order valence-corrected chi connectivity index (χ0v) is 11.2. The maximum absolute atomic E-state index is 11.3. The van der Waals surface area contributed by atoms with Gasteiger partial charge in [0.25, 0.3) is 0 Å². The number of imidazole rings is 1. The maximum atomic E-state index is 11.3. The molecule has 17 heavy (non-hydrogen) atoms. The van der Waals surface area contributed by atoms with E-state index in [0.29, 0.717) is 10.4 Å². The van der Waals surface area contributed by atoms with Gasteiger partial charge in [-0.2, -0.15) is 0 Å². The molecule has 1 atom stereocenters. The van der Waals surface area contributed by atoms with E-state index >= 15 is 0 Å². The SMILES string of the molecule is CC(CS(C)(=O)=O)n1c(=S)[nH]c2cccnc21. The Hall–Kier alpha value is -1.21. The van der Waals surface area contributed by atoms with Crippen molar-refractivity contribution in [2.24, 2.45) is 0 Å². The van der Waals surface area contributed by atoms with Gasteiger partial charge in [-0.1, -0.05) is 0 Å². The summed E-state index contributed by atoms with van der Waals surface area (Å²) >= 11 is 5.19. The third-order valence-electron chi connectivity index (χ3n) is 2.46. The fourth-order valence-electron chi connectivity index (χ4n) is 1.88. The molecule has 5 nitrogen and oxygen atoms in total. The van der Waals surface area contributed by atoms with Crippen molar-refractivity contribution in [3.05, 3.63) is 23.1 Å². The monoisotopic (exact) mass is 271 g/mol. The molecule has 0 aliphatic rings. The Morgan fingerprint density at radius 3 is 2.94 bits per heavy atom. The summed E-state index contributed by atoms with van der Waals surface area (Å²) in [5, 5.41) is 0. The summed E-state index contributed by atoms with van der Waals surface area (Å²) in [5.41, 5.74) is 1.51. The minimum absolute atomic E-state index is 0.0465. The number of H-pyrrole nitrogens is 1. The van der Waals surface area contributed by atoms with E-state index in [1.54, 1.807) is 16.8 Å². The molecule has 1 N–H and O–H groups in total. The van der Waals surface area contributed by atoms with Crippen LogP contribution in [-0.2, 0) is 9.84 Å². The largest absolute Gasteiger partial charge is 0.329 e. The van der Waals surface area contributed by atoms with E-state index in [1.165, 1.54) is 6.26 Å². The van der Waals surface area contributed by atoms with Crippen LogP contribution < -0.4 is 0 Å². The summed E-state index contributed by atoms with van der Waals surface area (Å²) in [6.45, 7) is 1.82. The highest BCUT2D eigenvalue weighted by Gasteiger charge is 2.16. The third kappa shape index (κ3) is 2.55. The van der Waals surface area contributed by atoms with Gasteiger partial charge in [-0.15, -0.1) is 0 Å². The predicted octanol–water partition coefficient (Wildman–Crippen LogP) is 1.70. The van der Waals surface area contributed by atoms with E-state index in [1.807, 2.05) is 13.0 Å². The molecule has 2 rings (SSSR count). The first kappa shape index (κ1) is 12.3. The van der Waals surface area contributed by atoms with Crippen LogP contribution in [0.15, 0.2) is 18.3 Å². The molecule has 0 saturated carbocycles. The number of nitrogens with one attached hydrogen (secondary N) is 1. The van der Waals surface area contributed by atoms with Gasteiger partial charge in [0.15, 0.2) is 10.4 Å². The third-order valence-corrected chi connectivity index (χ3v) is 3.85. The second-order valence-electron chi connectivity index (χ2n) is 4.12. The van der Waals surface area contributed by atoms with Crippen molar-refractivity contribution in [2.45, 2.75) is 13.0 Å². The Labute approximate surface area is 104 Å². The quantitative estimate of drug-likeness (QED) is 0.863. The molecule has 0 fully saturated rings. The topological polar surface area (TPSA) is 67.8 Å². The van der Waals surface area contributed by atoms with Crippen LogP contribution in [0.3, 0.4) is 0 Å². The van der Waals surface area contributed by atoms with Gasteiger partial charge in [0.1, 0.15) is 9.84 Å². The van der Waals surface area contributed by atoms with Crippen molar-refractivity contribution in [3.8, 4) is 0 Å². The van der Waals surface area contributed by atoms with Crippen LogP contribution in [0.25, 0.3) is 11.2 Å². The van der Waals surface area contributed by atoms with Crippen LogP contribution in [0.5, 0.6) is 0 Å². The van der Waals surface area contributed by atoms with Gasteiger partial charge in [-0.3, -0.25) is 4.57 Å². The van der Waals surface area contributed by atoms with E-state index < -0.39 is 9.84 Å². The van der Waals surface area contributed by atoms with Gasteiger partial charge in [0.05, 0.1) is 11.3 Å². The summed E-state index contributed by atoms with van der Waals surface area (Å²) in [5.74, 6) is 0.0465. The molecular weight excluding hydrogens is 258 g/mol. The molecule has 0 saturated heterocycles.